The molecule has 2 N–H and O–H groups in total. The average Bonchev–Trinajstić information content (AvgIpc) is 3.06. The zero-order chi connectivity index (χ0) is 11.5. The minimum absolute atomic E-state index is 0.848. The fraction of sp³-hybridized carbons (Fsp3) is 0.538. The van der Waals surface area contributed by atoms with Gasteiger partial charge in [-0.1, -0.05) is 22.9 Å². The van der Waals surface area contributed by atoms with Gasteiger partial charge < -0.3 is 5.73 Å². The monoisotopic (exact) mass is 282 g/mol. The molecule has 0 atom stereocenters. The molecule has 3 heteroatoms. The molecule has 0 amide bonds. The highest BCUT2D eigenvalue weighted by Gasteiger charge is 2.23. The van der Waals surface area contributed by atoms with Crippen molar-refractivity contribution < 1.29 is 0 Å². The summed E-state index contributed by atoms with van der Waals surface area (Å²) in [5.74, 6) is 0.944. The van der Waals surface area contributed by atoms with Crippen molar-refractivity contribution in [3.05, 3.63) is 28.2 Å². The lowest BCUT2D eigenvalue weighted by atomic mass is 10.2. The van der Waals surface area contributed by atoms with E-state index in [-0.39, 0.29) is 0 Å². The van der Waals surface area contributed by atoms with E-state index in [1.54, 1.807) is 0 Å². The zero-order valence-electron chi connectivity index (χ0n) is 9.75. The second-order valence-electron chi connectivity index (χ2n) is 4.62. The van der Waals surface area contributed by atoms with Crippen LogP contribution in [0.25, 0.3) is 0 Å². The molecule has 0 radical (unpaired) electrons. The van der Waals surface area contributed by atoms with Crippen molar-refractivity contribution >= 4 is 21.6 Å². The molecule has 2 nitrogen and oxygen atoms in total. The van der Waals surface area contributed by atoms with Gasteiger partial charge in [0, 0.05) is 23.2 Å². The summed E-state index contributed by atoms with van der Waals surface area (Å²) in [4.78, 5) is 2.50. The van der Waals surface area contributed by atoms with Crippen LogP contribution in [0.2, 0.25) is 0 Å². The topological polar surface area (TPSA) is 29.3 Å². The fourth-order valence-corrected chi connectivity index (χ4v) is 2.30. The number of hydrogen-bond acceptors (Lipinski definition) is 2. The van der Waals surface area contributed by atoms with Gasteiger partial charge in [0.15, 0.2) is 0 Å². The molecule has 0 unspecified atom stereocenters. The maximum atomic E-state index is 5.82. The van der Waals surface area contributed by atoms with Crippen LogP contribution in [-0.2, 0) is 6.54 Å². The lowest BCUT2D eigenvalue weighted by Gasteiger charge is -2.21. The summed E-state index contributed by atoms with van der Waals surface area (Å²) in [6.07, 6.45) is 2.82. The van der Waals surface area contributed by atoms with Crippen molar-refractivity contribution in [2.45, 2.75) is 26.3 Å². The quantitative estimate of drug-likeness (QED) is 0.840. The van der Waals surface area contributed by atoms with E-state index in [4.69, 9.17) is 5.73 Å². The van der Waals surface area contributed by atoms with E-state index >= 15 is 0 Å². The predicted octanol–water partition coefficient (Wildman–Crippen LogP) is 3.26. The second kappa shape index (κ2) is 5.19. The first-order valence-electron chi connectivity index (χ1n) is 5.95. The third-order valence-corrected chi connectivity index (χ3v) is 3.90. The molecule has 1 aliphatic rings. The van der Waals surface area contributed by atoms with E-state index in [1.165, 1.54) is 24.9 Å². The molecule has 2 rings (SSSR count). The van der Waals surface area contributed by atoms with Crippen molar-refractivity contribution in [3.63, 3.8) is 0 Å². The van der Waals surface area contributed by atoms with Gasteiger partial charge in [0.25, 0.3) is 0 Å². The smallest absolute Gasteiger partial charge is 0.0318 e. The third kappa shape index (κ3) is 3.22. The highest BCUT2D eigenvalue weighted by Crippen LogP contribution is 2.30. The lowest BCUT2D eigenvalue weighted by molar-refractivity contribution is 0.268. The number of benzene rings is 1. The fourth-order valence-electron chi connectivity index (χ4n) is 1.93. The van der Waals surface area contributed by atoms with Gasteiger partial charge in [-0.3, -0.25) is 4.90 Å². The van der Waals surface area contributed by atoms with Crippen LogP contribution in [-0.4, -0.2) is 18.0 Å². The Balaban J connectivity index is 2.01. The van der Waals surface area contributed by atoms with Crippen molar-refractivity contribution in [3.8, 4) is 0 Å². The average molecular weight is 283 g/mol. The first-order valence-corrected chi connectivity index (χ1v) is 6.74. The normalized spacial score (nSPS) is 15.7. The number of nitrogens with zero attached hydrogens (tertiary/aromatic N) is 1. The minimum Gasteiger partial charge on any atom is -0.399 e. The Bertz CT molecular complexity index is 361. The number of halogens is 1. The Morgan fingerprint density at radius 2 is 2.19 bits per heavy atom. The SMILES string of the molecule is CCN(Cc1cc(N)ccc1Br)CC1CC1. The van der Waals surface area contributed by atoms with E-state index < -0.39 is 0 Å². The Hall–Kier alpha value is -0.540. The summed E-state index contributed by atoms with van der Waals surface area (Å²) >= 11 is 3.59. The summed E-state index contributed by atoms with van der Waals surface area (Å²) in [6, 6.07) is 6.04. The Kier molecular flexibility index (Phi) is 3.87. The van der Waals surface area contributed by atoms with E-state index in [0.29, 0.717) is 0 Å². The van der Waals surface area contributed by atoms with Crippen LogP contribution >= 0.6 is 15.9 Å². The molecule has 1 aromatic rings. The van der Waals surface area contributed by atoms with Crippen molar-refractivity contribution in [2.75, 3.05) is 18.8 Å². The van der Waals surface area contributed by atoms with Gasteiger partial charge in [0.2, 0.25) is 0 Å². The van der Waals surface area contributed by atoms with Gasteiger partial charge in [-0.15, -0.1) is 0 Å². The lowest BCUT2D eigenvalue weighted by Crippen LogP contribution is -2.25. The summed E-state index contributed by atoms with van der Waals surface area (Å²) in [7, 11) is 0. The highest BCUT2D eigenvalue weighted by molar-refractivity contribution is 9.10. The Morgan fingerprint density at radius 3 is 2.81 bits per heavy atom. The zero-order valence-corrected chi connectivity index (χ0v) is 11.3. The van der Waals surface area contributed by atoms with Crippen molar-refractivity contribution in [1.29, 1.82) is 0 Å². The van der Waals surface area contributed by atoms with E-state index in [9.17, 15) is 0 Å². The molecule has 1 aliphatic carbocycles. The highest BCUT2D eigenvalue weighted by atomic mass is 79.9. The van der Waals surface area contributed by atoms with E-state index in [1.807, 2.05) is 12.1 Å². The van der Waals surface area contributed by atoms with E-state index in [2.05, 4.69) is 33.8 Å². The third-order valence-electron chi connectivity index (χ3n) is 3.12. The van der Waals surface area contributed by atoms with Gasteiger partial charge in [-0.25, -0.2) is 0 Å². The predicted molar refractivity (Wildman–Crippen MR) is 72.2 cm³/mol. The standard InChI is InChI=1S/C13H19BrN2/c1-2-16(8-10-3-4-10)9-11-7-12(15)5-6-13(11)14/h5-7,10H,2-4,8-9,15H2,1H3. The molecular formula is C13H19BrN2. The van der Waals surface area contributed by atoms with Crippen molar-refractivity contribution in [2.24, 2.45) is 5.92 Å². The molecule has 16 heavy (non-hydrogen) atoms. The number of rotatable bonds is 5. The van der Waals surface area contributed by atoms with Crippen LogP contribution in [0.4, 0.5) is 5.69 Å². The minimum atomic E-state index is 0.848. The number of nitrogens with two attached hydrogens (primary N) is 1. The molecular weight excluding hydrogens is 264 g/mol. The van der Waals surface area contributed by atoms with Crippen LogP contribution in [0.15, 0.2) is 22.7 Å². The van der Waals surface area contributed by atoms with Gasteiger partial charge in [0.05, 0.1) is 0 Å². The van der Waals surface area contributed by atoms with Gasteiger partial charge in [0.1, 0.15) is 0 Å². The maximum Gasteiger partial charge on any atom is 0.0318 e. The van der Waals surface area contributed by atoms with Gasteiger partial charge >= 0.3 is 0 Å². The Labute approximate surface area is 106 Å². The van der Waals surface area contributed by atoms with Crippen LogP contribution in [0.1, 0.15) is 25.3 Å². The summed E-state index contributed by atoms with van der Waals surface area (Å²) in [5, 5.41) is 0. The molecule has 1 aromatic carbocycles. The summed E-state index contributed by atoms with van der Waals surface area (Å²) in [5.41, 5.74) is 7.96. The van der Waals surface area contributed by atoms with Crippen LogP contribution in [0, 0.1) is 5.92 Å². The van der Waals surface area contributed by atoms with Crippen molar-refractivity contribution in [1.82, 2.24) is 4.90 Å². The maximum absolute atomic E-state index is 5.82. The Morgan fingerprint density at radius 1 is 1.44 bits per heavy atom. The van der Waals surface area contributed by atoms with Crippen LogP contribution in [0.5, 0.6) is 0 Å². The molecule has 88 valence electrons. The summed E-state index contributed by atoms with van der Waals surface area (Å²) < 4.78 is 1.16. The molecule has 1 fully saturated rings. The molecule has 0 heterocycles. The first-order chi connectivity index (χ1) is 7.69. The molecule has 1 saturated carbocycles. The summed E-state index contributed by atoms with van der Waals surface area (Å²) in [6.45, 7) is 5.57. The molecule has 0 aromatic heterocycles. The van der Waals surface area contributed by atoms with Crippen LogP contribution < -0.4 is 5.73 Å². The van der Waals surface area contributed by atoms with Gasteiger partial charge in [-0.2, -0.15) is 0 Å². The van der Waals surface area contributed by atoms with Crippen LogP contribution in [0.3, 0.4) is 0 Å². The van der Waals surface area contributed by atoms with Gasteiger partial charge in [-0.05, 0) is 49.1 Å². The molecule has 0 spiro atoms. The molecule has 0 bridgehead atoms. The van der Waals surface area contributed by atoms with E-state index in [0.717, 1.165) is 29.2 Å². The number of anilines is 1. The number of hydrogen-bond donors (Lipinski definition) is 1. The molecule has 0 saturated heterocycles. The second-order valence-corrected chi connectivity index (χ2v) is 5.48. The first kappa shape index (κ1) is 11.9. The number of nitrogen functional groups attached to an aromatic ring is 1. The largest absolute Gasteiger partial charge is 0.399 e. The molecule has 0 aliphatic heterocycles.